The predicted molar refractivity (Wildman–Crippen MR) is 171 cm³/mol. The Hall–Kier alpha value is -4.17. The minimum Gasteiger partial charge on any atom is -0.326 e. The molecule has 2 nitrogen and oxygen atoms in total. The second-order valence-electron chi connectivity index (χ2n) is 10.2. The summed E-state index contributed by atoms with van der Waals surface area (Å²) >= 11 is 0. The Labute approximate surface area is 233 Å². The first-order chi connectivity index (χ1) is 18.9. The molecule has 198 valence electrons. The molecule has 1 N–H and O–H groups in total. The second-order valence-corrected chi connectivity index (χ2v) is 10.2. The Morgan fingerprint density at radius 2 is 1.26 bits per heavy atom. The van der Waals surface area contributed by atoms with Gasteiger partial charge in [-0.1, -0.05) is 136 Å². The van der Waals surface area contributed by atoms with Gasteiger partial charge in [0.1, 0.15) is 0 Å². The highest BCUT2D eigenvalue weighted by molar-refractivity contribution is 6.25. The van der Waals surface area contributed by atoms with Crippen LogP contribution in [0.5, 0.6) is 0 Å². The molecule has 1 unspecified atom stereocenters. The molecule has 0 aliphatic heterocycles. The van der Waals surface area contributed by atoms with Gasteiger partial charge in [-0.15, -0.1) is 0 Å². The summed E-state index contributed by atoms with van der Waals surface area (Å²) < 4.78 is 0. The quantitative estimate of drug-likeness (QED) is 0.215. The molecular weight excluding hydrogens is 474 g/mol. The Morgan fingerprint density at radius 3 is 1.77 bits per heavy atom. The normalized spacial score (nSPS) is 12.2. The summed E-state index contributed by atoms with van der Waals surface area (Å²) in [4.78, 5) is 12.0. The monoisotopic (exact) mass is 513 g/mol. The van der Waals surface area contributed by atoms with Crippen LogP contribution >= 0.6 is 0 Å². The van der Waals surface area contributed by atoms with E-state index in [0.717, 1.165) is 36.1 Å². The van der Waals surface area contributed by atoms with Gasteiger partial charge in [0, 0.05) is 11.6 Å². The van der Waals surface area contributed by atoms with Crippen LogP contribution in [0.25, 0.3) is 43.6 Å². The van der Waals surface area contributed by atoms with E-state index in [2.05, 4.69) is 105 Å². The largest absolute Gasteiger partial charge is 0.326 e. The summed E-state index contributed by atoms with van der Waals surface area (Å²) in [6.45, 7) is 12.3. The number of carbonyl (C=O) groups excluding carboxylic acids is 1. The maximum absolute atomic E-state index is 12.0. The molecule has 0 spiro atoms. The average molecular weight is 514 g/mol. The van der Waals surface area contributed by atoms with Crippen molar-refractivity contribution in [2.75, 3.05) is 0 Å². The molecule has 0 radical (unpaired) electrons. The van der Waals surface area contributed by atoms with Crippen molar-refractivity contribution in [1.82, 2.24) is 5.32 Å². The van der Waals surface area contributed by atoms with Gasteiger partial charge in [-0.3, -0.25) is 4.79 Å². The summed E-state index contributed by atoms with van der Waals surface area (Å²) in [5.74, 6) is 0.180. The summed E-state index contributed by atoms with van der Waals surface area (Å²) in [6.07, 6.45) is 4.94. The first kappa shape index (κ1) is 27.9. The number of carbonyl (C=O) groups is 1. The Morgan fingerprint density at radius 1 is 0.744 bits per heavy atom. The molecule has 5 rings (SSSR count). The number of benzene rings is 5. The number of amides is 1. The van der Waals surface area contributed by atoms with Crippen LogP contribution in [0.2, 0.25) is 0 Å². The van der Waals surface area contributed by atoms with Crippen molar-refractivity contribution < 1.29 is 4.79 Å². The number of rotatable bonds is 7. The van der Waals surface area contributed by atoms with E-state index in [-0.39, 0.29) is 11.8 Å². The highest BCUT2D eigenvalue weighted by atomic mass is 16.1. The van der Waals surface area contributed by atoms with Gasteiger partial charge in [-0.25, -0.2) is 0 Å². The third kappa shape index (κ3) is 6.46. The summed E-state index contributed by atoms with van der Waals surface area (Å²) in [6, 6.07) is 34.0. The minimum atomic E-state index is 0.0685. The lowest BCUT2D eigenvalue weighted by Gasteiger charge is -2.14. The molecule has 5 aromatic carbocycles. The number of nitrogens with one attached hydrogen (secondary N) is 1. The zero-order valence-electron chi connectivity index (χ0n) is 23.6. The molecule has 0 aromatic heterocycles. The second kappa shape index (κ2) is 13.1. The molecule has 1 amide bonds. The van der Waals surface area contributed by atoms with Crippen molar-refractivity contribution >= 4 is 49.5 Å². The van der Waals surface area contributed by atoms with Gasteiger partial charge in [0.05, 0.1) is 0 Å². The maximum atomic E-state index is 12.0. The molecule has 0 heterocycles. The molecule has 1 atom stereocenters. The number of hydrogen-bond acceptors (Lipinski definition) is 1. The molecule has 0 saturated heterocycles. The van der Waals surface area contributed by atoms with E-state index in [0.29, 0.717) is 0 Å². The Balaban J connectivity index is 0.000000184. The van der Waals surface area contributed by atoms with E-state index in [4.69, 9.17) is 0 Å². The number of hydrogen-bond donors (Lipinski definition) is 1. The van der Waals surface area contributed by atoms with Gasteiger partial charge < -0.3 is 5.32 Å². The highest BCUT2D eigenvalue weighted by Crippen LogP contribution is 2.35. The molecular formula is C37H39NO. The van der Waals surface area contributed by atoms with Gasteiger partial charge in [0.2, 0.25) is 5.91 Å². The van der Waals surface area contributed by atoms with Gasteiger partial charge in [-0.2, -0.15) is 0 Å². The topological polar surface area (TPSA) is 29.1 Å². The van der Waals surface area contributed by atoms with Crippen molar-refractivity contribution in [1.29, 1.82) is 0 Å². The molecule has 0 aliphatic carbocycles. The number of fused-ring (bicyclic) bond motifs is 6. The van der Waals surface area contributed by atoms with Crippen molar-refractivity contribution in [3.63, 3.8) is 0 Å². The predicted octanol–water partition coefficient (Wildman–Crippen LogP) is 10.2. The van der Waals surface area contributed by atoms with E-state index in [9.17, 15) is 4.79 Å². The third-order valence-corrected chi connectivity index (χ3v) is 7.16. The lowest BCUT2D eigenvalue weighted by molar-refractivity contribution is -0.123. The maximum Gasteiger partial charge on any atom is 0.227 e. The Kier molecular flexibility index (Phi) is 9.33. The van der Waals surface area contributed by atoms with E-state index in [1.54, 1.807) is 0 Å². The highest BCUT2D eigenvalue weighted by Gasteiger charge is 2.13. The van der Waals surface area contributed by atoms with Crippen LogP contribution in [-0.2, 0) is 4.79 Å². The van der Waals surface area contributed by atoms with Crippen LogP contribution in [0.15, 0.2) is 110 Å². The molecule has 0 aliphatic rings. The Bertz CT molecular complexity index is 1590. The van der Waals surface area contributed by atoms with Crippen LogP contribution in [0, 0.1) is 5.92 Å². The molecule has 2 heteroatoms. The molecule has 39 heavy (non-hydrogen) atoms. The van der Waals surface area contributed by atoms with Gasteiger partial charge >= 0.3 is 0 Å². The summed E-state index contributed by atoms with van der Waals surface area (Å²) in [7, 11) is 0. The lowest BCUT2D eigenvalue weighted by atomic mass is 9.92. The first-order valence-corrected chi connectivity index (χ1v) is 14.0. The fourth-order valence-corrected chi connectivity index (χ4v) is 5.06. The zero-order chi connectivity index (χ0) is 27.8. The average Bonchev–Trinajstić information content (AvgIpc) is 2.97. The van der Waals surface area contributed by atoms with Gasteiger partial charge in [0.15, 0.2) is 0 Å². The van der Waals surface area contributed by atoms with Crippen molar-refractivity contribution in [3.8, 4) is 0 Å². The molecule has 5 aromatic rings. The molecule has 0 fully saturated rings. The first-order valence-electron chi connectivity index (χ1n) is 14.0. The van der Waals surface area contributed by atoms with Crippen LogP contribution < -0.4 is 5.32 Å². The summed E-state index contributed by atoms with van der Waals surface area (Å²) in [5, 5.41) is 10.9. The van der Waals surface area contributed by atoms with Crippen molar-refractivity contribution in [2.24, 2.45) is 5.92 Å². The zero-order valence-corrected chi connectivity index (χ0v) is 23.6. The SMILES string of the molecule is C=C(C)c1ccc2c3ccccc3c3ccccc3c2c1.CC/C=C(/NC(=O)C(C)CCC)c1ccccc1. The van der Waals surface area contributed by atoms with Crippen molar-refractivity contribution in [3.05, 3.63) is 121 Å². The lowest BCUT2D eigenvalue weighted by Crippen LogP contribution is -2.27. The van der Waals surface area contributed by atoms with Gasteiger partial charge in [0.25, 0.3) is 0 Å². The van der Waals surface area contributed by atoms with E-state index < -0.39 is 0 Å². The smallest absolute Gasteiger partial charge is 0.227 e. The fourth-order valence-electron chi connectivity index (χ4n) is 5.06. The standard InChI is InChI=1S/C21H16.C16H23NO/c1-14(2)15-11-12-20-18-9-4-3-7-16(18)17-8-5-6-10-19(17)21(20)13-15;1-4-9-13(3)16(18)17-15(10-5-2)14-11-7-6-8-12-14/h3-13H,1H2,2H3;6-8,10-13H,4-5,9H2,1-3H3,(H,17,18)/b;15-10+. The summed E-state index contributed by atoms with van der Waals surface area (Å²) in [5.41, 5.74) is 4.31. The van der Waals surface area contributed by atoms with Crippen LogP contribution in [-0.4, -0.2) is 5.91 Å². The third-order valence-electron chi connectivity index (χ3n) is 7.16. The molecule has 0 bridgehead atoms. The van der Waals surface area contributed by atoms with E-state index in [1.807, 2.05) is 37.3 Å². The van der Waals surface area contributed by atoms with Crippen LogP contribution in [0.3, 0.4) is 0 Å². The number of allylic oxidation sites excluding steroid dienone is 2. The molecule has 0 saturated carbocycles. The van der Waals surface area contributed by atoms with E-state index in [1.165, 1.54) is 37.9 Å². The van der Waals surface area contributed by atoms with Crippen LogP contribution in [0.4, 0.5) is 0 Å². The van der Waals surface area contributed by atoms with E-state index >= 15 is 0 Å². The fraction of sp³-hybridized carbons (Fsp3) is 0.216. The van der Waals surface area contributed by atoms with Crippen molar-refractivity contribution in [2.45, 2.75) is 47.0 Å². The van der Waals surface area contributed by atoms with Crippen LogP contribution in [0.1, 0.15) is 58.1 Å². The van der Waals surface area contributed by atoms with Gasteiger partial charge in [-0.05, 0) is 69.3 Å². The minimum absolute atomic E-state index is 0.0685.